The monoisotopic (exact) mass is 442 g/mol. The van der Waals surface area contributed by atoms with E-state index in [0.717, 1.165) is 5.56 Å². The Kier molecular flexibility index (Phi) is 7.04. The maximum atomic E-state index is 13.4. The fourth-order valence-electron chi connectivity index (χ4n) is 2.90. The van der Waals surface area contributed by atoms with E-state index in [1.807, 2.05) is 13.0 Å². The van der Waals surface area contributed by atoms with Crippen LogP contribution >= 0.6 is 0 Å². The van der Waals surface area contributed by atoms with Crippen molar-refractivity contribution in [3.05, 3.63) is 83.7 Å². The predicted molar refractivity (Wildman–Crippen MR) is 117 cm³/mol. The van der Waals surface area contributed by atoms with Crippen molar-refractivity contribution in [1.29, 1.82) is 0 Å². The number of carbonyl (C=O) groups excluding carboxylic acids is 1. The van der Waals surface area contributed by atoms with Gasteiger partial charge in [-0.05, 0) is 55.3 Å². The highest BCUT2D eigenvalue weighted by atomic mass is 32.2. The number of hydrogen-bond donors (Lipinski definition) is 2. The summed E-state index contributed by atoms with van der Waals surface area (Å²) < 4.78 is 46.6. The molecular formula is C23H23FN2O4S. The summed E-state index contributed by atoms with van der Waals surface area (Å²) in [5.41, 5.74) is 1.86. The Morgan fingerprint density at radius 1 is 1.00 bits per heavy atom. The maximum absolute atomic E-state index is 13.4. The topological polar surface area (TPSA) is 84.5 Å². The summed E-state index contributed by atoms with van der Waals surface area (Å²) in [6, 6.07) is 17.6. The molecule has 3 rings (SSSR count). The van der Waals surface area contributed by atoms with Crippen molar-refractivity contribution in [1.82, 2.24) is 4.72 Å². The van der Waals surface area contributed by atoms with Crippen LogP contribution in [0.15, 0.2) is 71.6 Å². The van der Waals surface area contributed by atoms with E-state index in [1.54, 1.807) is 49.4 Å². The van der Waals surface area contributed by atoms with Gasteiger partial charge >= 0.3 is 0 Å². The molecule has 3 aromatic rings. The molecule has 0 heterocycles. The SMILES string of the molecule is Cc1ccc(C)c(S(=O)(=O)NCCC(=O)Nc2ccccc2Oc2cccc(F)c2)c1. The van der Waals surface area contributed by atoms with E-state index in [4.69, 9.17) is 4.74 Å². The molecule has 0 aliphatic rings. The smallest absolute Gasteiger partial charge is 0.240 e. The Morgan fingerprint density at radius 2 is 1.77 bits per heavy atom. The number of rotatable bonds is 8. The fraction of sp³-hybridized carbons (Fsp3) is 0.174. The van der Waals surface area contributed by atoms with Gasteiger partial charge in [0.1, 0.15) is 11.6 Å². The molecule has 0 unspecified atom stereocenters. The first-order valence-electron chi connectivity index (χ1n) is 9.64. The summed E-state index contributed by atoms with van der Waals surface area (Å²) in [5.74, 6) is -0.186. The van der Waals surface area contributed by atoms with Gasteiger partial charge in [0.15, 0.2) is 5.75 Å². The van der Waals surface area contributed by atoms with Crippen LogP contribution < -0.4 is 14.8 Å². The Labute approximate surface area is 181 Å². The number of anilines is 1. The largest absolute Gasteiger partial charge is 0.455 e. The standard InChI is InChI=1S/C23H23FN2O4S/c1-16-10-11-17(2)22(14-16)31(28,29)25-13-12-23(27)26-20-8-3-4-9-21(20)30-19-7-5-6-18(24)15-19/h3-11,14-15,25H,12-13H2,1-2H3,(H,26,27). The van der Waals surface area contributed by atoms with Crippen LogP contribution in [0.2, 0.25) is 0 Å². The number of sulfonamides is 1. The number of carbonyl (C=O) groups is 1. The van der Waals surface area contributed by atoms with E-state index in [9.17, 15) is 17.6 Å². The van der Waals surface area contributed by atoms with E-state index < -0.39 is 15.8 Å². The van der Waals surface area contributed by atoms with Gasteiger partial charge < -0.3 is 10.1 Å². The highest BCUT2D eigenvalue weighted by Gasteiger charge is 2.17. The van der Waals surface area contributed by atoms with Crippen LogP contribution in [-0.2, 0) is 14.8 Å². The van der Waals surface area contributed by atoms with Gasteiger partial charge in [-0.2, -0.15) is 0 Å². The molecular weight excluding hydrogens is 419 g/mol. The predicted octanol–water partition coefficient (Wildman–Crippen LogP) is 4.54. The molecule has 0 saturated heterocycles. The molecule has 2 N–H and O–H groups in total. The molecule has 8 heteroatoms. The van der Waals surface area contributed by atoms with Gasteiger partial charge in [0, 0.05) is 19.0 Å². The Hall–Kier alpha value is -3.23. The Bertz CT molecular complexity index is 1200. The molecule has 1 amide bonds. The molecule has 0 bridgehead atoms. The van der Waals surface area contributed by atoms with Crippen LogP contribution in [0.3, 0.4) is 0 Å². The van der Waals surface area contributed by atoms with Crippen LogP contribution in [0.1, 0.15) is 17.5 Å². The lowest BCUT2D eigenvalue weighted by molar-refractivity contribution is -0.116. The van der Waals surface area contributed by atoms with Gasteiger partial charge in [-0.3, -0.25) is 4.79 Å². The number of benzene rings is 3. The van der Waals surface area contributed by atoms with Crippen molar-refractivity contribution in [3.63, 3.8) is 0 Å². The lowest BCUT2D eigenvalue weighted by Gasteiger charge is -2.13. The average molecular weight is 443 g/mol. The number of hydrogen-bond acceptors (Lipinski definition) is 4. The van der Waals surface area contributed by atoms with Crippen molar-refractivity contribution >= 4 is 21.6 Å². The van der Waals surface area contributed by atoms with Crippen molar-refractivity contribution in [2.75, 3.05) is 11.9 Å². The number of amides is 1. The lowest BCUT2D eigenvalue weighted by atomic mass is 10.2. The second-order valence-electron chi connectivity index (χ2n) is 7.02. The highest BCUT2D eigenvalue weighted by molar-refractivity contribution is 7.89. The van der Waals surface area contributed by atoms with Gasteiger partial charge in [-0.25, -0.2) is 17.5 Å². The number of ether oxygens (including phenoxy) is 1. The zero-order chi connectivity index (χ0) is 22.4. The zero-order valence-corrected chi connectivity index (χ0v) is 18.0. The minimum atomic E-state index is -3.73. The normalized spacial score (nSPS) is 11.2. The minimum absolute atomic E-state index is 0.0610. The van der Waals surface area contributed by atoms with Crippen molar-refractivity contribution in [2.24, 2.45) is 0 Å². The number of nitrogens with one attached hydrogen (secondary N) is 2. The Morgan fingerprint density at radius 3 is 2.55 bits per heavy atom. The van der Waals surface area contributed by atoms with Crippen LogP contribution in [0.25, 0.3) is 0 Å². The highest BCUT2D eigenvalue weighted by Crippen LogP contribution is 2.29. The molecule has 0 fully saturated rings. The molecule has 31 heavy (non-hydrogen) atoms. The van der Waals surface area contributed by atoms with Crippen LogP contribution in [0, 0.1) is 19.7 Å². The molecule has 162 valence electrons. The summed E-state index contributed by atoms with van der Waals surface area (Å²) in [5, 5.41) is 2.70. The minimum Gasteiger partial charge on any atom is -0.455 e. The summed E-state index contributed by atoms with van der Waals surface area (Å²) in [6.45, 7) is 3.47. The third-order valence-electron chi connectivity index (χ3n) is 4.46. The summed E-state index contributed by atoms with van der Waals surface area (Å²) in [6.07, 6.45) is -0.0710. The van der Waals surface area contributed by atoms with Gasteiger partial charge in [-0.1, -0.05) is 30.3 Å². The van der Waals surface area contributed by atoms with E-state index in [1.165, 1.54) is 18.2 Å². The van der Waals surface area contributed by atoms with E-state index in [0.29, 0.717) is 22.7 Å². The maximum Gasteiger partial charge on any atom is 0.240 e. The first-order chi connectivity index (χ1) is 14.7. The molecule has 0 saturated carbocycles. The molecule has 0 aromatic heterocycles. The first-order valence-corrected chi connectivity index (χ1v) is 11.1. The summed E-state index contributed by atoms with van der Waals surface area (Å²) >= 11 is 0. The number of aryl methyl sites for hydroxylation is 2. The summed E-state index contributed by atoms with van der Waals surface area (Å²) in [7, 11) is -3.73. The van der Waals surface area contributed by atoms with Crippen molar-refractivity contribution in [2.45, 2.75) is 25.2 Å². The molecule has 6 nitrogen and oxygen atoms in total. The van der Waals surface area contributed by atoms with Gasteiger partial charge in [0.2, 0.25) is 15.9 Å². The van der Waals surface area contributed by atoms with Crippen molar-refractivity contribution in [3.8, 4) is 11.5 Å². The van der Waals surface area contributed by atoms with E-state index >= 15 is 0 Å². The molecule has 3 aromatic carbocycles. The number of para-hydroxylation sites is 2. The third-order valence-corrected chi connectivity index (χ3v) is 6.07. The molecule has 0 atom stereocenters. The second kappa shape index (κ2) is 9.72. The van der Waals surface area contributed by atoms with Gasteiger partial charge in [-0.15, -0.1) is 0 Å². The average Bonchev–Trinajstić information content (AvgIpc) is 2.71. The van der Waals surface area contributed by atoms with Gasteiger partial charge in [0.05, 0.1) is 10.6 Å². The molecule has 0 radical (unpaired) electrons. The lowest BCUT2D eigenvalue weighted by Crippen LogP contribution is -2.28. The second-order valence-corrected chi connectivity index (χ2v) is 8.76. The van der Waals surface area contributed by atoms with Crippen molar-refractivity contribution < 1.29 is 22.3 Å². The Balaban J connectivity index is 1.61. The van der Waals surface area contributed by atoms with Crippen LogP contribution in [-0.4, -0.2) is 20.9 Å². The van der Waals surface area contributed by atoms with E-state index in [2.05, 4.69) is 10.0 Å². The first kappa shape index (κ1) is 22.5. The fourth-order valence-corrected chi connectivity index (χ4v) is 4.26. The molecule has 0 spiro atoms. The van der Waals surface area contributed by atoms with Crippen LogP contribution in [0.4, 0.5) is 10.1 Å². The summed E-state index contributed by atoms with van der Waals surface area (Å²) in [4.78, 5) is 12.5. The van der Waals surface area contributed by atoms with Gasteiger partial charge in [0.25, 0.3) is 0 Å². The molecule has 0 aliphatic heterocycles. The van der Waals surface area contributed by atoms with Crippen LogP contribution in [0.5, 0.6) is 11.5 Å². The number of halogens is 1. The quantitative estimate of drug-likeness (QED) is 0.536. The zero-order valence-electron chi connectivity index (χ0n) is 17.2. The van der Waals surface area contributed by atoms with E-state index in [-0.39, 0.29) is 23.8 Å². The third kappa shape index (κ3) is 6.13. The molecule has 0 aliphatic carbocycles.